The molecule has 0 heterocycles. The molecule has 2 heteroatoms. The van der Waals surface area contributed by atoms with Crippen molar-refractivity contribution in [2.75, 3.05) is 7.05 Å². The molecule has 2 nitrogen and oxygen atoms in total. The lowest BCUT2D eigenvalue weighted by Crippen LogP contribution is -2.54. The quantitative estimate of drug-likeness (QED) is 0.845. The largest absolute Gasteiger partial charge is 0.326 e. The van der Waals surface area contributed by atoms with Crippen LogP contribution in [0.25, 0.3) is 0 Å². The SMILES string of the molecule is CC(C)C1CCC(N)C(N(C)C2CCC(C)(C)CC2)C1. The number of nitrogens with zero attached hydrogens (tertiary/aromatic N) is 1. The normalized spacial score (nSPS) is 35.7. The first kappa shape index (κ1) is 16.3. The third kappa shape index (κ3) is 3.76. The zero-order chi connectivity index (χ0) is 14.9. The van der Waals surface area contributed by atoms with E-state index in [0.717, 1.165) is 17.9 Å². The Balaban J connectivity index is 1.95. The molecule has 2 rings (SSSR count). The molecule has 0 radical (unpaired) electrons. The van der Waals surface area contributed by atoms with E-state index in [4.69, 9.17) is 5.73 Å². The highest BCUT2D eigenvalue weighted by Gasteiger charge is 2.36. The third-order valence-electron chi connectivity index (χ3n) is 6.26. The zero-order valence-electron chi connectivity index (χ0n) is 14.4. The molecule has 0 aromatic carbocycles. The van der Waals surface area contributed by atoms with Crippen LogP contribution in [0.15, 0.2) is 0 Å². The first-order chi connectivity index (χ1) is 9.30. The second kappa shape index (κ2) is 6.36. The van der Waals surface area contributed by atoms with Gasteiger partial charge in [0.15, 0.2) is 0 Å². The van der Waals surface area contributed by atoms with Crippen LogP contribution in [-0.2, 0) is 0 Å². The van der Waals surface area contributed by atoms with Crippen molar-refractivity contribution in [2.24, 2.45) is 23.0 Å². The van der Waals surface area contributed by atoms with Crippen LogP contribution in [-0.4, -0.2) is 30.1 Å². The van der Waals surface area contributed by atoms with Gasteiger partial charge in [0.2, 0.25) is 0 Å². The fourth-order valence-corrected chi connectivity index (χ4v) is 4.34. The Hall–Kier alpha value is -0.0800. The summed E-state index contributed by atoms with van der Waals surface area (Å²) >= 11 is 0. The molecule has 0 bridgehead atoms. The van der Waals surface area contributed by atoms with E-state index in [9.17, 15) is 0 Å². The molecule has 0 saturated heterocycles. The minimum absolute atomic E-state index is 0.393. The average molecular weight is 280 g/mol. The number of nitrogens with two attached hydrogens (primary N) is 1. The van der Waals surface area contributed by atoms with Gasteiger partial charge < -0.3 is 5.73 Å². The van der Waals surface area contributed by atoms with Crippen LogP contribution in [0.3, 0.4) is 0 Å². The molecule has 0 aromatic heterocycles. The van der Waals surface area contributed by atoms with Crippen LogP contribution in [0.2, 0.25) is 0 Å². The molecule has 3 unspecified atom stereocenters. The van der Waals surface area contributed by atoms with Gasteiger partial charge in [-0.3, -0.25) is 4.90 Å². The van der Waals surface area contributed by atoms with Gasteiger partial charge in [-0.25, -0.2) is 0 Å². The Labute approximate surface area is 126 Å². The van der Waals surface area contributed by atoms with Crippen LogP contribution in [0.1, 0.15) is 72.6 Å². The van der Waals surface area contributed by atoms with Crippen molar-refractivity contribution in [2.45, 2.75) is 90.8 Å². The van der Waals surface area contributed by atoms with E-state index < -0.39 is 0 Å². The third-order valence-corrected chi connectivity index (χ3v) is 6.26. The second-order valence-electron chi connectivity index (χ2n) is 8.61. The summed E-state index contributed by atoms with van der Waals surface area (Å²) in [4.78, 5) is 2.66. The van der Waals surface area contributed by atoms with Gasteiger partial charge >= 0.3 is 0 Å². The second-order valence-corrected chi connectivity index (χ2v) is 8.61. The maximum Gasteiger partial charge on any atom is 0.0249 e. The lowest BCUT2D eigenvalue weighted by Gasteiger charge is -2.46. The lowest BCUT2D eigenvalue weighted by atomic mass is 9.73. The molecule has 2 aliphatic rings. The van der Waals surface area contributed by atoms with Gasteiger partial charge in [0, 0.05) is 18.1 Å². The van der Waals surface area contributed by atoms with Crippen LogP contribution >= 0.6 is 0 Å². The number of rotatable bonds is 3. The maximum absolute atomic E-state index is 6.46. The minimum Gasteiger partial charge on any atom is -0.326 e. The monoisotopic (exact) mass is 280 g/mol. The van der Waals surface area contributed by atoms with Gasteiger partial charge in [0.25, 0.3) is 0 Å². The Morgan fingerprint density at radius 1 is 1.05 bits per heavy atom. The standard InChI is InChI=1S/C18H36N2/c1-13(2)14-6-7-16(19)17(12-14)20(5)15-8-10-18(3,4)11-9-15/h13-17H,6-12,19H2,1-5H3. The molecule has 3 atom stereocenters. The summed E-state index contributed by atoms with van der Waals surface area (Å²) in [6.07, 6.45) is 9.33. The smallest absolute Gasteiger partial charge is 0.0249 e. The predicted molar refractivity (Wildman–Crippen MR) is 87.7 cm³/mol. The Morgan fingerprint density at radius 3 is 2.20 bits per heavy atom. The Kier molecular flexibility index (Phi) is 5.18. The van der Waals surface area contributed by atoms with Crippen molar-refractivity contribution in [3.63, 3.8) is 0 Å². The van der Waals surface area contributed by atoms with Gasteiger partial charge in [-0.05, 0) is 69.2 Å². The van der Waals surface area contributed by atoms with E-state index in [1.165, 1.54) is 44.9 Å². The van der Waals surface area contributed by atoms with Crippen molar-refractivity contribution in [1.82, 2.24) is 4.90 Å². The van der Waals surface area contributed by atoms with Gasteiger partial charge in [-0.15, -0.1) is 0 Å². The molecule has 2 aliphatic carbocycles. The highest BCUT2D eigenvalue weighted by Crippen LogP contribution is 2.39. The van der Waals surface area contributed by atoms with Crippen LogP contribution < -0.4 is 5.73 Å². The van der Waals surface area contributed by atoms with Gasteiger partial charge in [-0.2, -0.15) is 0 Å². The molecule has 2 N–H and O–H groups in total. The summed E-state index contributed by atoms with van der Waals surface area (Å²) in [5.41, 5.74) is 7.02. The molecule has 2 fully saturated rings. The lowest BCUT2D eigenvalue weighted by molar-refractivity contribution is 0.0491. The first-order valence-electron chi connectivity index (χ1n) is 8.77. The van der Waals surface area contributed by atoms with Gasteiger partial charge in [-0.1, -0.05) is 27.7 Å². The maximum atomic E-state index is 6.46. The molecule has 2 saturated carbocycles. The van der Waals surface area contributed by atoms with Crippen molar-refractivity contribution in [3.05, 3.63) is 0 Å². The van der Waals surface area contributed by atoms with Gasteiger partial charge in [0.1, 0.15) is 0 Å². The number of hydrogen-bond donors (Lipinski definition) is 1. The number of hydrogen-bond acceptors (Lipinski definition) is 2. The van der Waals surface area contributed by atoms with Crippen molar-refractivity contribution < 1.29 is 0 Å². The summed E-state index contributed by atoms with van der Waals surface area (Å²) in [7, 11) is 2.34. The summed E-state index contributed by atoms with van der Waals surface area (Å²) < 4.78 is 0. The van der Waals surface area contributed by atoms with E-state index in [1.807, 2.05) is 0 Å². The average Bonchev–Trinajstić information content (AvgIpc) is 2.38. The Morgan fingerprint density at radius 2 is 1.65 bits per heavy atom. The van der Waals surface area contributed by atoms with E-state index in [2.05, 4.69) is 39.6 Å². The van der Waals surface area contributed by atoms with E-state index in [-0.39, 0.29) is 0 Å². The molecule has 0 aliphatic heterocycles. The summed E-state index contributed by atoms with van der Waals surface area (Å²) in [6, 6.07) is 1.78. The van der Waals surface area contributed by atoms with Crippen molar-refractivity contribution >= 4 is 0 Å². The predicted octanol–water partition coefficient (Wildman–Crippen LogP) is 4.04. The van der Waals surface area contributed by atoms with E-state index in [1.54, 1.807) is 0 Å². The van der Waals surface area contributed by atoms with E-state index in [0.29, 0.717) is 17.5 Å². The molecule has 20 heavy (non-hydrogen) atoms. The molecule has 0 amide bonds. The minimum atomic E-state index is 0.393. The fraction of sp³-hybridized carbons (Fsp3) is 1.00. The zero-order valence-corrected chi connectivity index (χ0v) is 14.4. The number of likely N-dealkylation sites (N-methyl/N-ethyl adjacent to an activating group) is 1. The van der Waals surface area contributed by atoms with Crippen LogP contribution in [0, 0.1) is 17.3 Å². The van der Waals surface area contributed by atoms with Crippen molar-refractivity contribution in [1.29, 1.82) is 0 Å². The highest BCUT2D eigenvalue weighted by atomic mass is 15.2. The molecular formula is C18H36N2. The summed E-state index contributed by atoms with van der Waals surface area (Å²) in [5.74, 6) is 1.69. The van der Waals surface area contributed by atoms with Gasteiger partial charge in [0.05, 0.1) is 0 Å². The first-order valence-corrected chi connectivity index (χ1v) is 8.77. The highest BCUT2D eigenvalue weighted by molar-refractivity contribution is 4.93. The summed E-state index contributed by atoms with van der Waals surface area (Å²) in [6.45, 7) is 9.60. The van der Waals surface area contributed by atoms with Crippen molar-refractivity contribution in [3.8, 4) is 0 Å². The Bertz CT molecular complexity index is 301. The van der Waals surface area contributed by atoms with Crippen LogP contribution in [0.4, 0.5) is 0 Å². The topological polar surface area (TPSA) is 29.3 Å². The molecular weight excluding hydrogens is 244 g/mol. The molecule has 0 spiro atoms. The molecule has 0 aromatic rings. The molecule has 118 valence electrons. The summed E-state index contributed by atoms with van der Waals surface area (Å²) in [5, 5.41) is 0. The van der Waals surface area contributed by atoms with Crippen LogP contribution in [0.5, 0.6) is 0 Å². The van der Waals surface area contributed by atoms with E-state index >= 15 is 0 Å². The fourth-order valence-electron chi connectivity index (χ4n) is 4.34.